The Balaban J connectivity index is 1.47. The van der Waals surface area contributed by atoms with Crippen molar-refractivity contribution in [2.45, 2.75) is 13.0 Å². The molecule has 0 atom stereocenters. The van der Waals surface area contributed by atoms with Gasteiger partial charge in [0.05, 0.1) is 19.0 Å². The summed E-state index contributed by atoms with van der Waals surface area (Å²) in [5.74, 6) is 1.62. The van der Waals surface area contributed by atoms with Gasteiger partial charge in [0.2, 0.25) is 0 Å². The first-order chi connectivity index (χ1) is 12.7. The quantitative estimate of drug-likeness (QED) is 0.757. The first-order valence-corrected chi connectivity index (χ1v) is 9.03. The molecule has 0 fully saturated rings. The summed E-state index contributed by atoms with van der Waals surface area (Å²) in [4.78, 5) is 24.7. The van der Waals surface area contributed by atoms with E-state index in [2.05, 4.69) is 9.97 Å². The fourth-order valence-corrected chi connectivity index (χ4v) is 4.34. The number of benzene rings is 1. The summed E-state index contributed by atoms with van der Waals surface area (Å²) >= 11 is 1.57. The summed E-state index contributed by atoms with van der Waals surface area (Å²) in [6.45, 7) is 1.15. The zero-order valence-electron chi connectivity index (χ0n) is 14.3. The minimum atomic E-state index is -0.0573. The maximum atomic E-state index is 12.6. The van der Waals surface area contributed by atoms with Gasteiger partial charge in [0.25, 0.3) is 5.91 Å². The van der Waals surface area contributed by atoms with E-state index in [0.29, 0.717) is 30.4 Å². The first kappa shape index (κ1) is 16.6. The molecule has 2 aromatic heterocycles. The van der Waals surface area contributed by atoms with Crippen molar-refractivity contribution in [2.75, 3.05) is 26.0 Å². The lowest BCUT2D eigenvalue weighted by Gasteiger charge is -2.27. The summed E-state index contributed by atoms with van der Waals surface area (Å²) in [6, 6.07) is 7.29. The number of hydrogen-bond donors (Lipinski definition) is 1. The molecule has 8 heteroatoms. The zero-order valence-corrected chi connectivity index (χ0v) is 15.1. The van der Waals surface area contributed by atoms with Gasteiger partial charge >= 0.3 is 0 Å². The highest BCUT2D eigenvalue weighted by Crippen LogP contribution is 2.36. The number of carbonyl (C=O) groups excluding carboxylic acids is 1. The van der Waals surface area contributed by atoms with Crippen molar-refractivity contribution < 1.29 is 14.3 Å². The molecule has 0 spiro atoms. The molecule has 1 aliphatic rings. The van der Waals surface area contributed by atoms with Gasteiger partial charge in [0.15, 0.2) is 18.1 Å². The van der Waals surface area contributed by atoms with Crippen molar-refractivity contribution in [3.8, 4) is 11.5 Å². The average molecular weight is 370 g/mol. The van der Waals surface area contributed by atoms with E-state index < -0.39 is 0 Å². The Labute approximate surface area is 154 Å². The number of hydrogen-bond acceptors (Lipinski definition) is 7. The zero-order chi connectivity index (χ0) is 18.1. The second-order valence-corrected chi connectivity index (χ2v) is 7.03. The number of aromatic nitrogens is 2. The van der Waals surface area contributed by atoms with Crippen LogP contribution in [-0.2, 0) is 17.8 Å². The van der Waals surface area contributed by atoms with Gasteiger partial charge in [0.1, 0.15) is 17.0 Å². The second kappa shape index (κ2) is 6.80. The van der Waals surface area contributed by atoms with Gasteiger partial charge in [-0.15, -0.1) is 11.3 Å². The maximum Gasteiger partial charge on any atom is 0.260 e. The second-order valence-electron chi connectivity index (χ2n) is 5.95. The van der Waals surface area contributed by atoms with Crippen LogP contribution in [0.15, 0.2) is 30.6 Å². The molecular weight excluding hydrogens is 352 g/mol. The van der Waals surface area contributed by atoms with Crippen molar-refractivity contribution in [3.63, 3.8) is 0 Å². The van der Waals surface area contributed by atoms with Crippen molar-refractivity contribution in [3.05, 3.63) is 41.0 Å². The number of ether oxygens (including phenoxy) is 2. The fourth-order valence-electron chi connectivity index (χ4n) is 3.13. The van der Waals surface area contributed by atoms with Gasteiger partial charge in [-0.1, -0.05) is 12.1 Å². The molecule has 0 saturated heterocycles. The van der Waals surface area contributed by atoms with Gasteiger partial charge in [-0.2, -0.15) is 0 Å². The van der Waals surface area contributed by atoms with Gasteiger partial charge in [-0.25, -0.2) is 9.97 Å². The summed E-state index contributed by atoms with van der Waals surface area (Å²) in [5, 5.41) is 0.935. The largest absolute Gasteiger partial charge is 0.493 e. The molecule has 134 valence electrons. The third-order valence-corrected chi connectivity index (χ3v) is 5.56. The monoisotopic (exact) mass is 370 g/mol. The topological polar surface area (TPSA) is 90.6 Å². The van der Waals surface area contributed by atoms with Gasteiger partial charge in [0, 0.05) is 11.4 Å². The molecule has 4 rings (SSSR count). The minimum Gasteiger partial charge on any atom is -0.493 e. The Morgan fingerprint density at radius 3 is 2.92 bits per heavy atom. The number of rotatable bonds is 4. The molecule has 7 nitrogen and oxygen atoms in total. The van der Waals surface area contributed by atoms with Gasteiger partial charge in [-0.05, 0) is 24.1 Å². The fraction of sp³-hybridized carbons (Fsp3) is 0.278. The molecule has 0 saturated carbocycles. The van der Waals surface area contributed by atoms with E-state index in [1.54, 1.807) is 35.5 Å². The molecule has 0 bridgehead atoms. The lowest BCUT2D eigenvalue weighted by molar-refractivity contribution is -0.134. The molecule has 3 aromatic rings. The number of carbonyl (C=O) groups is 1. The van der Waals surface area contributed by atoms with Crippen LogP contribution in [0, 0.1) is 0 Å². The number of fused-ring (bicyclic) bond motifs is 3. The van der Waals surface area contributed by atoms with Gasteiger partial charge in [-0.3, -0.25) is 4.79 Å². The molecular formula is C18H18N4O3S. The third-order valence-electron chi connectivity index (χ3n) is 4.44. The van der Waals surface area contributed by atoms with Crippen LogP contribution >= 0.6 is 11.3 Å². The van der Waals surface area contributed by atoms with Crippen LogP contribution in [0.3, 0.4) is 0 Å². The minimum absolute atomic E-state index is 0.0253. The third kappa shape index (κ3) is 2.92. The summed E-state index contributed by atoms with van der Waals surface area (Å²) in [5.41, 5.74) is 7.17. The number of para-hydroxylation sites is 2. The predicted octanol–water partition coefficient (Wildman–Crippen LogP) is 2.25. The molecule has 2 N–H and O–H groups in total. The molecule has 1 aromatic carbocycles. The molecule has 0 unspecified atom stereocenters. The van der Waals surface area contributed by atoms with E-state index in [4.69, 9.17) is 15.2 Å². The molecule has 3 heterocycles. The highest BCUT2D eigenvalue weighted by atomic mass is 32.1. The van der Waals surface area contributed by atoms with Crippen LogP contribution in [0.4, 0.5) is 5.82 Å². The smallest absolute Gasteiger partial charge is 0.260 e. The normalized spacial score (nSPS) is 13.5. The Morgan fingerprint density at radius 1 is 1.31 bits per heavy atom. The Kier molecular flexibility index (Phi) is 4.34. The van der Waals surface area contributed by atoms with Crippen LogP contribution in [0.25, 0.3) is 10.2 Å². The van der Waals surface area contributed by atoms with E-state index in [1.807, 2.05) is 12.1 Å². The van der Waals surface area contributed by atoms with Crippen LogP contribution in [0.5, 0.6) is 11.5 Å². The van der Waals surface area contributed by atoms with Crippen molar-refractivity contribution in [2.24, 2.45) is 0 Å². The van der Waals surface area contributed by atoms with E-state index in [1.165, 1.54) is 6.33 Å². The first-order valence-electron chi connectivity index (χ1n) is 8.21. The summed E-state index contributed by atoms with van der Waals surface area (Å²) in [6.07, 6.45) is 2.22. The van der Waals surface area contributed by atoms with Crippen molar-refractivity contribution in [1.82, 2.24) is 14.9 Å². The van der Waals surface area contributed by atoms with Crippen LogP contribution in [0.1, 0.15) is 10.4 Å². The Bertz CT molecular complexity index is 972. The van der Waals surface area contributed by atoms with Crippen molar-refractivity contribution in [1.29, 1.82) is 0 Å². The number of nitrogens with zero attached hydrogens (tertiary/aromatic N) is 3. The Hall–Kier alpha value is -2.87. The highest BCUT2D eigenvalue weighted by Gasteiger charge is 2.26. The summed E-state index contributed by atoms with van der Waals surface area (Å²) < 4.78 is 10.9. The maximum absolute atomic E-state index is 12.6. The van der Waals surface area contributed by atoms with E-state index in [9.17, 15) is 4.79 Å². The number of amides is 1. The number of nitrogen functional groups attached to an aromatic ring is 1. The van der Waals surface area contributed by atoms with Gasteiger partial charge < -0.3 is 20.1 Å². The number of anilines is 1. The number of nitrogens with two attached hydrogens (primary N) is 1. The highest BCUT2D eigenvalue weighted by molar-refractivity contribution is 7.19. The van der Waals surface area contributed by atoms with Crippen LogP contribution < -0.4 is 15.2 Å². The summed E-state index contributed by atoms with van der Waals surface area (Å²) in [7, 11) is 1.58. The predicted molar refractivity (Wildman–Crippen MR) is 99.4 cm³/mol. The SMILES string of the molecule is COc1ccccc1OCC(=O)N1CCc2c(sc3ncnc(N)c23)C1. The molecule has 0 radical (unpaired) electrons. The molecule has 26 heavy (non-hydrogen) atoms. The van der Waals surface area contributed by atoms with E-state index in [-0.39, 0.29) is 12.5 Å². The Morgan fingerprint density at radius 2 is 2.12 bits per heavy atom. The number of methoxy groups -OCH3 is 1. The molecule has 0 aliphatic carbocycles. The van der Waals surface area contributed by atoms with E-state index in [0.717, 1.165) is 27.1 Å². The van der Waals surface area contributed by atoms with E-state index >= 15 is 0 Å². The number of thiophene rings is 1. The average Bonchev–Trinajstić information content (AvgIpc) is 3.05. The van der Waals surface area contributed by atoms with Crippen LogP contribution in [-0.4, -0.2) is 41.0 Å². The lowest BCUT2D eigenvalue weighted by Crippen LogP contribution is -2.38. The lowest BCUT2D eigenvalue weighted by atomic mass is 10.1. The van der Waals surface area contributed by atoms with Crippen molar-refractivity contribution >= 4 is 33.3 Å². The van der Waals surface area contributed by atoms with Crippen LogP contribution in [0.2, 0.25) is 0 Å². The molecule has 1 aliphatic heterocycles. The molecule has 1 amide bonds. The standard InChI is InChI=1S/C18H18N4O3S/c1-24-12-4-2-3-5-13(12)25-9-15(23)22-7-6-11-14(8-22)26-18-16(11)17(19)20-10-21-18/h2-5,10H,6-9H2,1H3,(H2,19,20,21).